The second kappa shape index (κ2) is 5.45. The highest BCUT2D eigenvalue weighted by Crippen LogP contribution is 2.40. The zero-order valence-electron chi connectivity index (χ0n) is 11.2. The summed E-state index contributed by atoms with van der Waals surface area (Å²) in [4.78, 5) is 16.6. The van der Waals surface area contributed by atoms with Crippen molar-refractivity contribution in [3.63, 3.8) is 0 Å². The number of esters is 1. The van der Waals surface area contributed by atoms with Crippen LogP contribution in [0.1, 0.15) is 36.9 Å². The van der Waals surface area contributed by atoms with Crippen LogP contribution in [0.15, 0.2) is 17.5 Å². The summed E-state index contributed by atoms with van der Waals surface area (Å²) in [5.74, 6) is 1.03. The Morgan fingerprint density at radius 3 is 2.95 bits per heavy atom. The van der Waals surface area contributed by atoms with E-state index in [2.05, 4.69) is 24.1 Å². The summed E-state index contributed by atoms with van der Waals surface area (Å²) in [5.41, 5.74) is 0.881. The molecule has 0 aliphatic heterocycles. The van der Waals surface area contributed by atoms with E-state index in [0.29, 0.717) is 18.4 Å². The van der Waals surface area contributed by atoms with Gasteiger partial charge in [-0.05, 0) is 37.5 Å². The molecule has 3 nitrogen and oxygen atoms in total. The molecule has 1 fully saturated rings. The average Bonchev–Trinajstić information content (AvgIpc) is 2.94. The molecule has 1 aromatic heterocycles. The number of rotatable bonds is 4. The number of hydrogen-bond acceptors (Lipinski definition) is 4. The maximum atomic E-state index is 12.2. The quantitative estimate of drug-likeness (QED) is 0.626. The Bertz CT molecular complexity index is 494. The Morgan fingerprint density at radius 2 is 2.37 bits per heavy atom. The molecule has 3 atom stereocenters. The Hall–Kier alpha value is -1.16. The van der Waals surface area contributed by atoms with Crippen molar-refractivity contribution in [1.29, 1.82) is 0 Å². The molecule has 0 aromatic carbocycles. The molecule has 3 aliphatic carbocycles. The van der Waals surface area contributed by atoms with Gasteiger partial charge < -0.3 is 4.74 Å². The number of hydrogen-bond donors (Lipinski definition) is 0. The number of allylic oxidation sites excluding steroid dienone is 2. The first-order valence-electron chi connectivity index (χ1n) is 7.04. The first kappa shape index (κ1) is 12.9. The number of carbonyl (C=O) groups excluding carboxylic acids is 1. The lowest BCUT2D eigenvalue weighted by Gasteiger charge is -2.36. The number of fused-ring (bicyclic) bond motifs is 2. The van der Waals surface area contributed by atoms with Gasteiger partial charge in [-0.2, -0.15) is 0 Å². The van der Waals surface area contributed by atoms with E-state index in [-0.39, 0.29) is 11.9 Å². The van der Waals surface area contributed by atoms with Crippen molar-refractivity contribution in [3.8, 4) is 0 Å². The summed E-state index contributed by atoms with van der Waals surface area (Å²) in [6, 6.07) is 0. The maximum absolute atomic E-state index is 12.2. The summed E-state index contributed by atoms with van der Waals surface area (Å²) in [5, 5.41) is 3.09. The molecule has 1 aromatic rings. The number of nitrogens with zero attached hydrogens (tertiary/aromatic N) is 1. The van der Waals surface area contributed by atoms with Crippen LogP contribution in [-0.4, -0.2) is 11.0 Å². The smallest absolute Gasteiger partial charge is 0.309 e. The van der Waals surface area contributed by atoms with E-state index >= 15 is 0 Å². The van der Waals surface area contributed by atoms with Crippen molar-refractivity contribution < 1.29 is 9.53 Å². The van der Waals surface area contributed by atoms with Crippen molar-refractivity contribution >= 4 is 17.3 Å². The van der Waals surface area contributed by atoms with Gasteiger partial charge in [0.25, 0.3) is 0 Å². The normalized spacial score (nSPS) is 28.6. The lowest BCUT2D eigenvalue weighted by atomic mass is 9.69. The van der Waals surface area contributed by atoms with E-state index in [1.54, 1.807) is 11.3 Å². The van der Waals surface area contributed by atoms with Crippen LogP contribution in [0, 0.1) is 17.8 Å². The lowest BCUT2D eigenvalue weighted by Crippen LogP contribution is -2.33. The fourth-order valence-electron chi connectivity index (χ4n) is 3.03. The van der Waals surface area contributed by atoms with Crippen molar-refractivity contribution in [2.24, 2.45) is 17.8 Å². The highest BCUT2D eigenvalue weighted by atomic mass is 32.1. The standard InChI is InChI=1S/C15H19NO2S/c1-2-14-16-12(9-19-14)8-18-15(17)13-7-10-3-5-11(13)6-4-10/h3,5,9-11,13H,2,4,6-8H2,1H3/t10-,11+,13-/m1/s1. The summed E-state index contributed by atoms with van der Waals surface area (Å²) < 4.78 is 5.45. The van der Waals surface area contributed by atoms with Gasteiger partial charge in [-0.15, -0.1) is 11.3 Å². The Labute approximate surface area is 117 Å². The first-order valence-corrected chi connectivity index (χ1v) is 7.92. The van der Waals surface area contributed by atoms with Crippen LogP contribution in [0.2, 0.25) is 0 Å². The Balaban J connectivity index is 1.55. The predicted molar refractivity (Wildman–Crippen MR) is 74.7 cm³/mol. The van der Waals surface area contributed by atoms with Gasteiger partial charge in [-0.25, -0.2) is 4.98 Å². The van der Waals surface area contributed by atoms with Gasteiger partial charge in [0.15, 0.2) is 0 Å². The maximum Gasteiger partial charge on any atom is 0.309 e. The van der Waals surface area contributed by atoms with Crippen LogP contribution >= 0.6 is 11.3 Å². The third-order valence-electron chi connectivity index (χ3n) is 4.14. The van der Waals surface area contributed by atoms with Crippen LogP contribution in [0.5, 0.6) is 0 Å². The molecule has 19 heavy (non-hydrogen) atoms. The van der Waals surface area contributed by atoms with E-state index in [1.807, 2.05) is 5.38 Å². The number of aromatic nitrogens is 1. The predicted octanol–water partition coefficient (Wildman–Crippen LogP) is 3.35. The van der Waals surface area contributed by atoms with E-state index in [1.165, 1.54) is 6.42 Å². The van der Waals surface area contributed by atoms with Crippen LogP contribution in [0.4, 0.5) is 0 Å². The van der Waals surface area contributed by atoms with E-state index < -0.39 is 0 Å². The molecule has 3 aliphatic rings. The van der Waals surface area contributed by atoms with Gasteiger partial charge in [0.05, 0.1) is 16.6 Å². The van der Waals surface area contributed by atoms with Gasteiger partial charge in [0.1, 0.15) is 6.61 Å². The molecule has 2 bridgehead atoms. The lowest BCUT2D eigenvalue weighted by molar-refractivity contribution is -0.153. The second-order valence-electron chi connectivity index (χ2n) is 5.42. The number of thiazole rings is 1. The fraction of sp³-hybridized carbons (Fsp3) is 0.600. The summed E-state index contributed by atoms with van der Waals surface area (Å²) >= 11 is 1.64. The zero-order valence-corrected chi connectivity index (χ0v) is 12.0. The van der Waals surface area contributed by atoms with Crippen molar-refractivity contribution in [2.75, 3.05) is 0 Å². The molecule has 0 saturated heterocycles. The fourth-order valence-corrected chi connectivity index (χ4v) is 3.76. The van der Waals surface area contributed by atoms with Crippen LogP contribution in [0.25, 0.3) is 0 Å². The second-order valence-corrected chi connectivity index (χ2v) is 6.36. The summed E-state index contributed by atoms with van der Waals surface area (Å²) in [7, 11) is 0. The van der Waals surface area contributed by atoms with Crippen molar-refractivity contribution in [2.45, 2.75) is 39.2 Å². The minimum Gasteiger partial charge on any atom is -0.459 e. The third kappa shape index (κ3) is 2.73. The molecule has 4 rings (SSSR count). The van der Waals surface area contributed by atoms with Crippen molar-refractivity contribution in [1.82, 2.24) is 4.98 Å². The average molecular weight is 277 g/mol. The number of aryl methyl sites for hydroxylation is 1. The van der Waals surface area contributed by atoms with Gasteiger partial charge in [0.2, 0.25) is 0 Å². The van der Waals surface area contributed by atoms with E-state index in [4.69, 9.17) is 4.74 Å². The molecular formula is C15H19NO2S. The molecular weight excluding hydrogens is 258 g/mol. The zero-order chi connectivity index (χ0) is 13.2. The summed E-state index contributed by atoms with van der Waals surface area (Å²) in [6.45, 7) is 2.41. The molecule has 0 spiro atoms. The van der Waals surface area contributed by atoms with Gasteiger partial charge in [0, 0.05) is 5.38 Å². The first-order chi connectivity index (χ1) is 9.26. The topological polar surface area (TPSA) is 39.2 Å². The Morgan fingerprint density at radius 1 is 1.47 bits per heavy atom. The minimum atomic E-state index is -0.0369. The van der Waals surface area contributed by atoms with Crippen LogP contribution < -0.4 is 0 Å². The molecule has 0 amide bonds. The van der Waals surface area contributed by atoms with Gasteiger partial charge in [-0.3, -0.25) is 4.79 Å². The van der Waals surface area contributed by atoms with Crippen LogP contribution in [-0.2, 0) is 22.6 Å². The molecule has 1 heterocycles. The number of carbonyl (C=O) groups is 1. The molecule has 102 valence electrons. The molecule has 1 saturated carbocycles. The largest absolute Gasteiger partial charge is 0.459 e. The highest BCUT2D eigenvalue weighted by Gasteiger charge is 2.37. The van der Waals surface area contributed by atoms with Crippen molar-refractivity contribution in [3.05, 3.63) is 28.2 Å². The summed E-state index contributed by atoms with van der Waals surface area (Å²) in [6.07, 6.45) is 8.76. The molecule has 0 N–H and O–H groups in total. The molecule has 0 radical (unpaired) electrons. The van der Waals surface area contributed by atoms with Crippen LogP contribution in [0.3, 0.4) is 0 Å². The number of ether oxygens (including phenoxy) is 1. The molecule has 4 heteroatoms. The SMILES string of the molecule is CCc1nc(COC(=O)[C@@H]2C[C@@H]3C=C[C@H]2CC3)cs1. The molecule has 0 unspecified atom stereocenters. The third-order valence-corrected chi connectivity index (χ3v) is 5.18. The van der Waals surface area contributed by atoms with E-state index in [9.17, 15) is 4.79 Å². The Kier molecular flexibility index (Phi) is 3.69. The minimum absolute atomic E-state index is 0.0369. The highest BCUT2D eigenvalue weighted by molar-refractivity contribution is 7.09. The van der Waals surface area contributed by atoms with Gasteiger partial charge in [-0.1, -0.05) is 19.1 Å². The monoisotopic (exact) mass is 277 g/mol. The van der Waals surface area contributed by atoms with E-state index in [0.717, 1.165) is 30.0 Å². The van der Waals surface area contributed by atoms with Gasteiger partial charge >= 0.3 is 5.97 Å².